The number of hydrogen-bond acceptors (Lipinski definition) is 5. The Balaban J connectivity index is 1.73. The molecule has 0 unspecified atom stereocenters. The highest BCUT2D eigenvalue weighted by molar-refractivity contribution is 7.13. The zero-order chi connectivity index (χ0) is 13.1. The minimum atomic E-state index is -0.336. The van der Waals surface area contributed by atoms with E-state index >= 15 is 0 Å². The molecule has 0 bridgehead atoms. The standard InChI is InChI=1S/C12H14N4O2S/c17-12(15-5-3-13-4-6-15)18-16-9-14-8-10(16)11-2-1-7-19-11/h1-2,7-9,13H,3-6H2. The van der Waals surface area contributed by atoms with Crippen LogP contribution in [0.4, 0.5) is 4.79 Å². The molecule has 100 valence electrons. The van der Waals surface area contributed by atoms with Crippen LogP contribution >= 0.6 is 11.3 Å². The maximum Gasteiger partial charge on any atom is 0.434 e. The summed E-state index contributed by atoms with van der Waals surface area (Å²) in [6.07, 6.45) is 2.86. The summed E-state index contributed by atoms with van der Waals surface area (Å²) in [6.45, 7) is 2.94. The number of rotatable bonds is 2. The minimum absolute atomic E-state index is 0.336. The number of carbonyl (C=O) groups is 1. The van der Waals surface area contributed by atoms with Crippen LogP contribution in [0.5, 0.6) is 0 Å². The Bertz CT molecular complexity index is 546. The second-order valence-electron chi connectivity index (χ2n) is 4.18. The molecule has 7 heteroatoms. The van der Waals surface area contributed by atoms with Gasteiger partial charge in [-0.3, -0.25) is 0 Å². The van der Waals surface area contributed by atoms with Gasteiger partial charge in [0.25, 0.3) is 0 Å². The van der Waals surface area contributed by atoms with Crippen LogP contribution in [0, 0.1) is 0 Å². The van der Waals surface area contributed by atoms with Crippen molar-refractivity contribution in [1.29, 1.82) is 0 Å². The van der Waals surface area contributed by atoms with E-state index in [2.05, 4.69) is 10.3 Å². The third kappa shape index (κ3) is 2.61. The lowest BCUT2D eigenvalue weighted by Crippen LogP contribution is -2.48. The van der Waals surface area contributed by atoms with Crippen LogP contribution in [-0.4, -0.2) is 46.9 Å². The highest BCUT2D eigenvalue weighted by atomic mass is 32.1. The molecule has 0 aromatic carbocycles. The van der Waals surface area contributed by atoms with Crippen LogP contribution in [0.1, 0.15) is 0 Å². The Hall–Kier alpha value is -1.86. The van der Waals surface area contributed by atoms with Crippen molar-refractivity contribution in [3.8, 4) is 10.6 Å². The number of carbonyl (C=O) groups excluding carboxylic acids is 1. The topological polar surface area (TPSA) is 59.4 Å². The molecule has 0 atom stereocenters. The molecule has 2 aromatic rings. The van der Waals surface area contributed by atoms with Crippen LogP contribution in [-0.2, 0) is 0 Å². The van der Waals surface area contributed by atoms with E-state index in [1.165, 1.54) is 11.1 Å². The van der Waals surface area contributed by atoms with Crippen LogP contribution < -0.4 is 10.2 Å². The highest BCUT2D eigenvalue weighted by Gasteiger charge is 2.19. The number of amides is 1. The van der Waals surface area contributed by atoms with Crippen molar-refractivity contribution >= 4 is 17.4 Å². The summed E-state index contributed by atoms with van der Waals surface area (Å²) in [5, 5.41) is 5.17. The first-order valence-electron chi connectivity index (χ1n) is 6.09. The second-order valence-corrected chi connectivity index (χ2v) is 5.12. The fourth-order valence-corrected chi connectivity index (χ4v) is 2.67. The molecule has 3 heterocycles. The van der Waals surface area contributed by atoms with Crippen molar-refractivity contribution in [3.63, 3.8) is 0 Å². The van der Waals surface area contributed by atoms with Gasteiger partial charge in [-0.05, 0) is 11.4 Å². The number of imidazole rings is 1. The molecule has 2 aromatic heterocycles. The van der Waals surface area contributed by atoms with Crippen LogP contribution in [0.2, 0.25) is 0 Å². The van der Waals surface area contributed by atoms with E-state index in [0.717, 1.165) is 23.7 Å². The van der Waals surface area contributed by atoms with Crippen molar-refractivity contribution in [2.24, 2.45) is 0 Å². The summed E-state index contributed by atoms with van der Waals surface area (Å²) in [5.74, 6) is 0. The van der Waals surface area contributed by atoms with E-state index in [-0.39, 0.29) is 6.09 Å². The van der Waals surface area contributed by atoms with Crippen molar-refractivity contribution in [2.45, 2.75) is 0 Å². The number of aromatic nitrogens is 2. The number of nitrogens with one attached hydrogen (secondary N) is 1. The smallest absolute Gasteiger partial charge is 0.315 e. The number of hydrogen-bond donors (Lipinski definition) is 1. The van der Waals surface area contributed by atoms with E-state index in [0.29, 0.717) is 13.1 Å². The lowest BCUT2D eigenvalue weighted by Gasteiger charge is -2.26. The van der Waals surface area contributed by atoms with Crippen LogP contribution in [0.3, 0.4) is 0 Å². The van der Waals surface area contributed by atoms with Gasteiger partial charge >= 0.3 is 6.09 Å². The maximum atomic E-state index is 12.0. The van der Waals surface area contributed by atoms with Gasteiger partial charge < -0.3 is 15.1 Å². The Morgan fingerprint density at radius 1 is 1.42 bits per heavy atom. The first-order valence-corrected chi connectivity index (χ1v) is 6.97. The highest BCUT2D eigenvalue weighted by Crippen LogP contribution is 2.23. The van der Waals surface area contributed by atoms with Crippen molar-refractivity contribution in [2.75, 3.05) is 26.2 Å². The maximum absolute atomic E-state index is 12.0. The Kier molecular flexibility index (Phi) is 3.47. The van der Waals surface area contributed by atoms with E-state index in [4.69, 9.17) is 4.84 Å². The number of piperazine rings is 1. The molecule has 0 saturated carbocycles. The molecule has 1 saturated heterocycles. The van der Waals surface area contributed by atoms with E-state index in [9.17, 15) is 4.79 Å². The zero-order valence-electron chi connectivity index (χ0n) is 10.3. The molecule has 3 rings (SSSR count). The summed E-state index contributed by atoms with van der Waals surface area (Å²) in [5.41, 5.74) is 0.790. The van der Waals surface area contributed by atoms with Gasteiger partial charge in [-0.15, -0.1) is 11.3 Å². The Morgan fingerprint density at radius 3 is 3.00 bits per heavy atom. The molecule has 0 spiro atoms. The molecule has 1 aliphatic heterocycles. The van der Waals surface area contributed by atoms with Gasteiger partial charge in [0, 0.05) is 26.2 Å². The largest absolute Gasteiger partial charge is 0.434 e. The normalized spacial score (nSPS) is 15.5. The van der Waals surface area contributed by atoms with Crippen molar-refractivity contribution in [1.82, 2.24) is 19.9 Å². The van der Waals surface area contributed by atoms with Crippen LogP contribution in [0.15, 0.2) is 30.0 Å². The molecule has 1 fully saturated rings. The lowest BCUT2D eigenvalue weighted by molar-refractivity contribution is 0.0895. The summed E-state index contributed by atoms with van der Waals surface area (Å²) < 4.78 is 1.43. The predicted octanol–water partition coefficient (Wildman–Crippen LogP) is 1.07. The van der Waals surface area contributed by atoms with Gasteiger partial charge in [0.1, 0.15) is 12.0 Å². The fraction of sp³-hybridized carbons (Fsp3) is 0.333. The number of nitrogens with zero attached hydrogens (tertiary/aromatic N) is 3. The average molecular weight is 278 g/mol. The van der Waals surface area contributed by atoms with Gasteiger partial charge in [0.05, 0.1) is 11.1 Å². The first kappa shape index (κ1) is 12.2. The molecule has 1 amide bonds. The molecule has 19 heavy (non-hydrogen) atoms. The molecule has 6 nitrogen and oxygen atoms in total. The van der Waals surface area contributed by atoms with E-state index in [1.807, 2.05) is 17.5 Å². The van der Waals surface area contributed by atoms with E-state index in [1.54, 1.807) is 22.4 Å². The number of thiophene rings is 1. The predicted molar refractivity (Wildman–Crippen MR) is 72.0 cm³/mol. The lowest BCUT2D eigenvalue weighted by atomic mass is 10.4. The van der Waals surface area contributed by atoms with Crippen molar-refractivity contribution in [3.05, 3.63) is 30.0 Å². The van der Waals surface area contributed by atoms with Gasteiger partial charge in [0.15, 0.2) is 0 Å². The first-order chi connectivity index (χ1) is 9.34. The third-order valence-electron chi connectivity index (χ3n) is 2.93. The molecule has 0 aliphatic carbocycles. The Morgan fingerprint density at radius 2 is 2.26 bits per heavy atom. The molecule has 1 aliphatic rings. The minimum Gasteiger partial charge on any atom is -0.315 e. The second kappa shape index (κ2) is 5.41. The van der Waals surface area contributed by atoms with Gasteiger partial charge in [-0.2, -0.15) is 4.73 Å². The fourth-order valence-electron chi connectivity index (χ4n) is 1.94. The zero-order valence-corrected chi connectivity index (χ0v) is 11.1. The summed E-state index contributed by atoms with van der Waals surface area (Å²) >= 11 is 1.58. The van der Waals surface area contributed by atoms with Crippen molar-refractivity contribution < 1.29 is 9.63 Å². The average Bonchev–Trinajstić information content (AvgIpc) is 3.10. The third-order valence-corrected chi connectivity index (χ3v) is 3.82. The van der Waals surface area contributed by atoms with Crippen LogP contribution in [0.25, 0.3) is 10.6 Å². The van der Waals surface area contributed by atoms with Gasteiger partial charge in [-0.25, -0.2) is 9.78 Å². The molecule has 0 radical (unpaired) electrons. The summed E-state index contributed by atoms with van der Waals surface area (Å²) in [7, 11) is 0. The quantitative estimate of drug-likeness (QED) is 0.892. The molecular formula is C12H14N4O2S. The van der Waals surface area contributed by atoms with Gasteiger partial charge in [-0.1, -0.05) is 6.07 Å². The molecule has 1 N–H and O–H groups in total. The summed E-state index contributed by atoms with van der Waals surface area (Å²) in [4.78, 5) is 24.1. The summed E-state index contributed by atoms with van der Waals surface area (Å²) in [6, 6.07) is 3.92. The molecular weight excluding hydrogens is 264 g/mol. The SMILES string of the molecule is O=C(On1cncc1-c1cccs1)N1CCNCC1. The van der Waals surface area contributed by atoms with E-state index < -0.39 is 0 Å². The van der Waals surface area contributed by atoms with Gasteiger partial charge in [0.2, 0.25) is 0 Å². The Labute approximate surface area is 114 Å². The monoisotopic (exact) mass is 278 g/mol.